The second-order valence-electron chi connectivity index (χ2n) is 15.3. The molecular formula is C36H58N6O8. The van der Waals surface area contributed by atoms with Crippen LogP contribution in [0.3, 0.4) is 0 Å². The summed E-state index contributed by atoms with van der Waals surface area (Å²) in [5.41, 5.74) is 12.8. The maximum atomic E-state index is 13.4. The highest BCUT2D eigenvalue weighted by atomic mass is 16.5. The maximum Gasteiger partial charge on any atom is 0.328 e. The lowest BCUT2D eigenvalue weighted by molar-refractivity contribution is -0.152. The molecule has 0 bridgehead atoms. The standard InChI is InChI=1S/C36H58N6O8/c1-49-35(47)27-17-25(19-41(27)33(45)29(37)21-9-5-3-6-10-21)39-31(43)23-13-15-24(16-14-23)32(44)40-26-18-28(36(48)50-2)42(20-26)34(46)30(38)22-11-7-4-8-12-22/h21-30H,3-20,37-38H2,1-2H3,(H,39,43)(H,40,44)/t23?,24?,25-,26-,27-,28-,29-,30-/m0/s1. The first-order valence-corrected chi connectivity index (χ1v) is 18.9. The summed E-state index contributed by atoms with van der Waals surface area (Å²) in [5, 5.41) is 6.12. The maximum absolute atomic E-state index is 13.4. The lowest BCUT2D eigenvalue weighted by atomic mass is 9.81. The van der Waals surface area contributed by atoms with Gasteiger partial charge < -0.3 is 41.4 Å². The fourth-order valence-electron chi connectivity index (χ4n) is 9.12. The molecule has 14 heteroatoms. The van der Waals surface area contributed by atoms with Crippen LogP contribution in [0.5, 0.6) is 0 Å². The lowest BCUT2D eigenvalue weighted by Gasteiger charge is -2.32. The van der Waals surface area contributed by atoms with Gasteiger partial charge in [0.1, 0.15) is 12.1 Å². The molecule has 5 aliphatic rings. The predicted octanol–water partition coefficient (Wildman–Crippen LogP) is 1.13. The first kappa shape index (κ1) is 38.0. The van der Waals surface area contributed by atoms with Crippen LogP contribution in [0.2, 0.25) is 0 Å². The summed E-state index contributed by atoms with van der Waals surface area (Å²) in [6.07, 6.45) is 12.6. The molecule has 6 atom stereocenters. The molecule has 50 heavy (non-hydrogen) atoms. The van der Waals surface area contributed by atoms with E-state index < -0.39 is 48.2 Å². The van der Waals surface area contributed by atoms with Crippen molar-refractivity contribution in [3.05, 3.63) is 0 Å². The quantitative estimate of drug-likeness (QED) is 0.239. The summed E-state index contributed by atoms with van der Waals surface area (Å²) in [5.74, 6) is -2.29. The van der Waals surface area contributed by atoms with Crippen LogP contribution in [0.15, 0.2) is 0 Å². The summed E-state index contributed by atoms with van der Waals surface area (Å²) in [7, 11) is 2.58. The molecule has 0 spiro atoms. The second-order valence-corrected chi connectivity index (χ2v) is 15.3. The molecule has 14 nitrogen and oxygen atoms in total. The van der Waals surface area contributed by atoms with Crippen LogP contribution in [0.4, 0.5) is 0 Å². The van der Waals surface area contributed by atoms with E-state index in [0.29, 0.717) is 25.7 Å². The number of amides is 4. The van der Waals surface area contributed by atoms with E-state index in [2.05, 4.69) is 10.6 Å². The number of methoxy groups -OCH3 is 2. The van der Waals surface area contributed by atoms with E-state index in [9.17, 15) is 28.8 Å². The van der Waals surface area contributed by atoms with Gasteiger partial charge in [-0.1, -0.05) is 38.5 Å². The normalized spacial score (nSPS) is 30.6. The first-order chi connectivity index (χ1) is 24.0. The third kappa shape index (κ3) is 8.78. The Morgan fingerprint density at radius 1 is 0.560 bits per heavy atom. The Balaban J connectivity index is 1.10. The Labute approximate surface area is 295 Å². The smallest absolute Gasteiger partial charge is 0.328 e. The molecule has 2 saturated heterocycles. The number of nitrogens with one attached hydrogen (secondary N) is 2. The van der Waals surface area contributed by atoms with Gasteiger partial charge in [0.25, 0.3) is 0 Å². The Hall–Kier alpha value is -3.26. The number of ether oxygens (including phenoxy) is 2. The molecular weight excluding hydrogens is 644 g/mol. The van der Waals surface area contributed by atoms with Gasteiger partial charge in [-0.25, -0.2) is 9.59 Å². The zero-order valence-electron chi connectivity index (χ0n) is 29.8. The van der Waals surface area contributed by atoms with Crippen molar-refractivity contribution >= 4 is 35.6 Å². The minimum atomic E-state index is -0.796. The molecule has 4 amide bonds. The lowest BCUT2D eigenvalue weighted by Crippen LogP contribution is -2.52. The molecule has 0 unspecified atom stereocenters. The van der Waals surface area contributed by atoms with Gasteiger partial charge in [0.2, 0.25) is 23.6 Å². The first-order valence-electron chi connectivity index (χ1n) is 18.9. The predicted molar refractivity (Wildman–Crippen MR) is 183 cm³/mol. The topological polar surface area (TPSA) is 203 Å². The van der Waals surface area contributed by atoms with E-state index in [-0.39, 0.29) is 73.2 Å². The third-order valence-electron chi connectivity index (χ3n) is 12.2. The summed E-state index contributed by atoms with van der Waals surface area (Å²) in [4.78, 5) is 81.9. The number of rotatable bonds is 10. The molecule has 2 heterocycles. The van der Waals surface area contributed by atoms with E-state index in [1.165, 1.54) is 24.0 Å². The summed E-state index contributed by atoms with van der Waals surface area (Å²) in [6.45, 7) is 0.392. The summed E-state index contributed by atoms with van der Waals surface area (Å²) >= 11 is 0. The molecule has 0 aromatic carbocycles. The fourth-order valence-corrected chi connectivity index (χ4v) is 9.12. The van der Waals surface area contributed by atoms with Gasteiger partial charge >= 0.3 is 11.9 Å². The number of hydrogen-bond acceptors (Lipinski definition) is 10. The fraction of sp³-hybridized carbons (Fsp3) is 0.833. The van der Waals surface area contributed by atoms with Crippen molar-refractivity contribution in [1.82, 2.24) is 20.4 Å². The van der Waals surface area contributed by atoms with Crippen molar-refractivity contribution in [3.8, 4) is 0 Å². The zero-order chi connectivity index (χ0) is 35.9. The average molecular weight is 703 g/mol. The van der Waals surface area contributed by atoms with Gasteiger partial charge in [0.05, 0.1) is 26.3 Å². The van der Waals surface area contributed by atoms with Crippen molar-refractivity contribution in [3.63, 3.8) is 0 Å². The van der Waals surface area contributed by atoms with Crippen molar-refractivity contribution < 1.29 is 38.2 Å². The number of nitrogens with two attached hydrogens (primary N) is 2. The number of carbonyl (C=O) groups excluding carboxylic acids is 6. The average Bonchev–Trinajstić information content (AvgIpc) is 3.78. The van der Waals surface area contributed by atoms with Gasteiger partial charge in [-0.15, -0.1) is 0 Å². The van der Waals surface area contributed by atoms with Crippen LogP contribution >= 0.6 is 0 Å². The van der Waals surface area contributed by atoms with E-state index in [1.54, 1.807) is 0 Å². The summed E-state index contributed by atoms with van der Waals surface area (Å²) < 4.78 is 9.99. The van der Waals surface area contributed by atoms with Crippen molar-refractivity contribution in [2.75, 3.05) is 27.3 Å². The van der Waals surface area contributed by atoms with Gasteiger partial charge in [0.15, 0.2) is 0 Å². The van der Waals surface area contributed by atoms with Crippen LogP contribution in [-0.4, -0.2) is 109 Å². The molecule has 5 fully saturated rings. The Morgan fingerprint density at radius 2 is 0.900 bits per heavy atom. The minimum absolute atomic E-state index is 0.0875. The second kappa shape index (κ2) is 17.3. The molecule has 0 radical (unpaired) electrons. The van der Waals surface area contributed by atoms with Crippen LogP contribution in [0.1, 0.15) is 103 Å². The monoisotopic (exact) mass is 702 g/mol. The van der Waals surface area contributed by atoms with Gasteiger partial charge in [-0.3, -0.25) is 19.2 Å². The molecule has 3 saturated carbocycles. The Bertz CT molecular complexity index is 1150. The van der Waals surface area contributed by atoms with Crippen LogP contribution in [-0.2, 0) is 38.2 Å². The van der Waals surface area contributed by atoms with Crippen molar-refractivity contribution in [2.24, 2.45) is 35.1 Å². The number of nitrogens with zero attached hydrogens (tertiary/aromatic N) is 2. The van der Waals surface area contributed by atoms with E-state index >= 15 is 0 Å². The van der Waals surface area contributed by atoms with Gasteiger partial charge in [0, 0.05) is 49.9 Å². The zero-order valence-corrected chi connectivity index (χ0v) is 29.8. The molecule has 2 aliphatic heterocycles. The molecule has 280 valence electrons. The third-order valence-corrected chi connectivity index (χ3v) is 12.2. The SMILES string of the molecule is COC(=O)[C@@H]1C[C@H](NC(=O)C2CCC(C(=O)N[C@H]3C[C@@H](C(=O)OC)N(C(=O)[C@@H](N)C4CCCCC4)C3)CC2)CN1C(=O)[C@@H](N)C1CCCCC1. The van der Waals surface area contributed by atoms with Gasteiger partial charge in [-0.05, 0) is 63.2 Å². The van der Waals surface area contributed by atoms with Crippen LogP contribution < -0.4 is 22.1 Å². The van der Waals surface area contributed by atoms with E-state index in [1.807, 2.05) is 0 Å². The highest BCUT2D eigenvalue weighted by Crippen LogP contribution is 2.33. The van der Waals surface area contributed by atoms with E-state index in [4.69, 9.17) is 20.9 Å². The van der Waals surface area contributed by atoms with Gasteiger partial charge in [-0.2, -0.15) is 0 Å². The molecule has 0 aromatic heterocycles. The molecule has 6 N–H and O–H groups in total. The Morgan fingerprint density at radius 3 is 1.22 bits per heavy atom. The minimum Gasteiger partial charge on any atom is -0.467 e. The van der Waals surface area contributed by atoms with E-state index in [0.717, 1.165) is 64.2 Å². The Kier molecular flexibility index (Phi) is 13.1. The number of esters is 2. The highest BCUT2D eigenvalue weighted by Gasteiger charge is 2.46. The highest BCUT2D eigenvalue weighted by molar-refractivity contribution is 5.90. The number of likely N-dealkylation sites (tertiary alicyclic amines) is 2. The molecule has 5 rings (SSSR count). The number of carbonyl (C=O) groups is 6. The van der Waals surface area contributed by atoms with Crippen molar-refractivity contribution in [2.45, 2.75) is 139 Å². The van der Waals surface area contributed by atoms with Crippen LogP contribution in [0.25, 0.3) is 0 Å². The summed E-state index contributed by atoms with van der Waals surface area (Å²) in [6, 6.07) is -3.77. The number of hydrogen-bond donors (Lipinski definition) is 4. The molecule has 3 aliphatic carbocycles. The van der Waals surface area contributed by atoms with Crippen LogP contribution in [0, 0.1) is 23.7 Å². The molecule has 0 aromatic rings. The van der Waals surface area contributed by atoms with Crippen molar-refractivity contribution in [1.29, 1.82) is 0 Å². The largest absolute Gasteiger partial charge is 0.467 e.